The van der Waals surface area contributed by atoms with E-state index in [2.05, 4.69) is 15.9 Å². The molecule has 0 amide bonds. The summed E-state index contributed by atoms with van der Waals surface area (Å²) in [6.45, 7) is 6.80. The van der Waals surface area contributed by atoms with Crippen molar-refractivity contribution in [3.63, 3.8) is 0 Å². The average Bonchev–Trinajstić information content (AvgIpc) is 2.29. The maximum atomic E-state index is 11.3. The number of hydrogen-bond donors (Lipinski definition) is 1. The van der Waals surface area contributed by atoms with Gasteiger partial charge in [0.2, 0.25) is 0 Å². The third-order valence-electron chi connectivity index (χ3n) is 1.45. The van der Waals surface area contributed by atoms with Crippen LogP contribution in [-0.2, 0) is 19.1 Å². The van der Waals surface area contributed by atoms with Gasteiger partial charge in [-0.05, 0) is 54.3 Å². The molecular weight excluding hydrogens is 352 g/mol. The van der Waals surface area contributed by atoms with Crippen LogP contribution in [0.15, 0.2) is 0 Å². The minimum Gasteiger partial charge on any atom is -0.460 e. The van der Waals surface area contributed by atoms with Gasteiger partial charge in [0.25, 0.3) is 0 Å². The van der Waals surface area contributed by atoms with Crippen LogP contribution in [0.25, 0.3) is 0 Å². The predicted molar refractivity (Wildman–Crippen MR) is 91.0 cm³/mol. The topological polar surface area (TPSA) is 72.8 Å². The maximum Gasteiger partial charge on any atom is 0.306 e. The van der Waals surface area contributed by atoms with Gasteiger partial charge in [-0.3, -0.25) is 9.59 Å². The van der Waals surface area contributed by atoms with Crippen molar-refractivity contribution in [1.29, 1.82) is 0 Å². The largest absolute Gasteiger partial charge is 0.460 e. The highest BCUT2D eigenvalue weighted by Crippen LogP contribution is 2.09. The van der Waals surface area contributed by atoms with Crippen LogP contribution >= 0.6 is 15.9 Å². The summed E-state index contributed by atoms with van der Waals surface area (Å²) in [6.07, 6.45) is -6.40. The van der Waals surface area contributed by atoms with E-state index in [9.17, 15) is 9.59 Å². The van der Waals surface area contributed by atoms with E-state index in [-0.39, 0.29) is 0 Å². The Bertz CT molecular complexity index is 534. The first kappa shape index (κ1) is 11.8. The van der Waals surface area contributed by atoms with E-state index in [1.807, 2.05) is 0 Å². The van der Waals surface area contributed by atoms with Crippen molar-refractivity contribution in [2.24, 2.45) is 0 Å². The van der Waals surface area contributed by atoms with E-state index in [0.717, 1.165) is 0 Å². The monoisotopic (exact) mass is 390 g/mol. The van der Waals surface area contributed by atoms with Gasteiger partial charge in [-0.15, -0.1) is 0 Å². The minimum absolute atomic E-state index is 0.622. The Labute approximate surface area is 154 Å². The molecular formula is C16H31BrO5. The lowest BCUT2D eigenvalue weighted by molar-refractivity contribution is -0.156. The maximum absolute atomic E-state index is 11.3. The van der Waals surface area contributed by atoms with Crippen LogP contribution in [0.5, 0.6) is 0 Å². The van der Waals surface area contributed by atoms with Crippen molar-refractivity contribution in [3.8, 4) is 0 Å². The van der Waals surface area contributed by atoms with Crippen LogP contribution in [0.1, 0.15) is 78.1 Å². The van der Waals surface area contributed by atoms with Gasteiger partial charge in [-0.2, -0.15) is 0 Å². The lowest BCUT2D eigenvalue weighted by Gasteiger charge is -2.19. The Kier molecular flexibility index (Phi) is 6.40. The molecule has 0 rings (SSSR count). The van der Waals surface area contributed by atoms with Crippen molar-refractivity contribution in [1.82, 2.24) is 0 Å². The van der Waals surface area contributed by atoms with Gasteiger partial charge in [-0.25, -0.2) is 0 Å². The van der Waals surface area contributed by atoms with Crippen molar-refractivity contribution in [3.05, 3.63) is 0 Å². The Morgan fingerprint density at radius 2 is 1.32 bits per heavy atom. The number of carbonyl (C=O) groups excluding carboxylic acids is 2. The van der Waals surface area contributed by atoms with Crippen molar-refractivity contribution in [2.75, 3.05) is 11.8 Å². The summed E-state index contributed by atoms with van der Waals surface area (Å²) >= 11 is 2.56. The number of alkyl halides is 1. The highest BCUT2D eigenvalue weighted by molar-refractivity contribution is 9.09. The third kappa shape index (κ3) is 21.7. The van der Waals surface area contributed by atoms with Crippen molar-refractivity contribution >= 4 is 27.9 Å². The molecule has 0 saturated heterocycles. The molecule has 5 nitrogen and oxygen atoms in total. The molecule has 0 spiro atoms. The second-order valence-corrected chi connectivity index (χ2v) is 6.48. The molecule has 1 N–H and O–H groups in total. The lowest BCUT2D eigenvalue weighted by Crippen LogP contribution is -2.23. The highest BCUT2D eigenvalue weighted by atomic mass is 79.9. The molecule has 22 heavy (non-hydrogen) atoms. The first-order valence-electron chi connectivity index (χ1n) is 10.6. The van der Waals surface area contributed by atoms with E-state index < -0.39 is 60.6 Å². The van der Waals surface area contributed by atoms with Gasteiger partial charge >= 0.3 is 11.9 Å². The summed E-state index contributed by atoms with van der Waals surface area (Å²) in [5, 5.41) is 6.59. The van der Waals surface area contributed by atoms with E-state index in [4.69, 9.17) is 25.5 Å². The third-order valence-corrected chi connectivity index (χ3v) is 1.73. The molecule has 0 heterocycles. The summed E-state index contributed by atoms with van der Waals surface area (Å²) in [5.74, 6) is -1.64. The number of hydrogen-bond acceptors (Lipinski definition) is 5. The standard InChI is InChI=1S/C8H15BrO2.C8H16O3/c2*1-8(2,3)11-7(10)5-4-6-9/h4-6H2,1-3H3;9H,4-6H2,1-3H3/i2*4D2,6D2. The smallest absolute Gasteiger partial charge is 0.306 e. The van der Waals surface area contributed by atoms with Gasteiger partial charge in [0.1, 0.15) is 11.2 Å². The van der Waals surface area contributed by atoms with Crippen LogP contribution in [0.4, 0.5) is 0 Å². The molecule has 0 aromatic heterocycles. The molecule has 0 aliphatic heterocycles. The molecule has 0 unspecified atom stereocenters. The second kappa shape index (κ2) is 11.9. The molecule has 0 aliphatic rings. The molecule has 0 saturated carbocycles. The molecule has 0 aliphatic carbocycles. The molecule has 0 radical (unpaired) electrons. The van der Waals surface area contributed by atoms with Crippen LogP contribution in [-0.4, -0.2) is 40.1 Å². The van der Waals surface area contributed by atoms with Crippen LogP contribution in [0, 0.1) is 0 Å². The fraction of sp³-hybridized carbons (Fsp3) is 0.875. The van der Waals surface area contributed by atoms with E-state index >= 15 is 0 Å². The van der Waals surface area contributed by atoms with Crippen molar-refractivity contribution < 1.29 is 35.1 Å². The van der Waals surface area contributed by atoms with Crippen LogP contribution in [0.2, 0.25) is 0 Å². The predicted octanol–water partition coefficient (Wildman–Crippen LogP) is 3.60. The fourth-order valence-electron chi connectivity index (χ4n) is 0.972. The molecule has 0 aromatic carbocycles. The SMILES string of the molecule is [2H]C([2H])(Br)C([2H])([2H])CC(=O)OC(C)(C)C.[2H]C([2H])(O)C([2H])([2H])CC(=O)OC(C)(C)C. The highest BCUT2D eigenvalue weighted by Gasteiger charge is 2.15. The lowest BCUT2D eigenvalue weighted by atomic mass is 10.2. The zero-order chi connectivity index (χ0) is 25.0. The number of esters is 2. The number of ether oxygens (including phenoxy) is 2. The minimum atomic E-state index is -3.07. The summed E-state index contributed by atoms with van der Waals surface area (Å²) in [7, 11) is 0. The normalized spacial score (nSPS) is 19.3. The molecule has 0 atom stereocenters. The van der Waals surface area contributed by atoms with Gasteiger partial charge in [0, 0.05) is 32.9 Å². The van der Waals surface area contributed by atoms with Gasteiger partial charge in [0.15, 0.2) is 0 Å². The fourth-order valence-corrected chi connectivity index (χ4v) is 1.11. The van der Waals surface area contributed by atoms with Gasteiger partial charge in [-0.1, -0.05) is 15.9 Å². The zero-order valence-electron chi connectivity index (χ0n) is 21.9. The summed E-state index contributed by atoms with van der Waals surface area (Å²) < 4.78 is 66.7. The molecule has 6 heteroatoms. The second-order valence-electron chi connectivity index (χ2n) is 6.09. The first-order chi connectivity index (χ1) is 12.7. The van der Waals surface area contributed by atoms with Gasteiger partial charge in [0.05, 0.1) is 2.74 Å². The Morgan fingerprint density at radius 1 is 0.955 bits per heavy atom. The summed E-state index contributed by atoms with van der Waals surface area (Å²) in [6, 6.07) is 0. The van der Waals surface area contributed by atoms with E-state index in [1.165, 1.54) is 0 Å². The molecule has 0 aromatic rings. The Morgan fingerprint density at radius 3 is 1.59 bits per heavy atom. The molecule has 0 bridgehead atoms. The van der Waals surface area contributed by atoms with E-state index in [0.29, 0.717) is 0 Å². The number of aliphatic hydroxyl groups is 1. The number of carbonyl (C=O) groups is 2. The summed E-state index contributed by atoms with van der Waals surface area (Å²) in [4.78, 5) is 22.5. The summed E-state index contributed by atoms with van der Waals surface area (Å²) in [5.41, 5.74) is -1.44. The first-order valence-corrected chi connectivity index (χ1v) is 7.34. The molecule has 0 fully saturated rings. The molecule has 132 valence electrons. The van der Waals surface area contributed by atoms with Gasteiger partial charge < -0.3 is 14.6 Å². The van der Waals surface area contributed by atoms with Crippen molar-refractivity contribution in [2.45, 2.75) is 78.3 Å². The number of rotatable bonds is 6. The quantitative estimate of drug-likeness (QED) is 0.553. The number of halogens is 1. The van der Waals surface area contributed by atoms with E-state index in [1.54, 1.807) is 41.5 Å². The Balaban J connectivity index is 0. The average molecular weight is 391 g/mol. The Hall–Kier alpha value is -0.620. The zero-order valence-corrected chi connectivity index (χ0v) is 15.5. The van der Waals surface area contributed by atoms with Crippen LogP contribution in [0.3, 0.4) is 0 Å². The van der Waals surface area contributed by atoms with Crippen LogP contribution < -0.4 is 0 Å².